The predicted molar refractivity (Wildman–Crippen MR) is 66.1 cm³/mol. The van der Waals surface area contributed by atoms with Crippen LogP contribution >= 0.6 is 48.0 Å². The van der Waals surface area contributed by atoms with Crippen molar-refractivity contribution in [3.63, 3.8) is 0 Å². The lowest BCUT2D eigenvalue weighted by Gasteiger charge is -2.01. The molecular formula is C7H12S4. The number of hydrogen-bond acceptors (Lipinski definition) is 4. The largest absolute Gasteiger partial charge is 0.119 e. The molecule has 0 aliphatic heterocycles. The minimum atomic E-state index is 0.821. The molecule has 0 atom stereocenters. The molecule has 0 rings (SSSR count). The SMILES string of the molecule is CCSC(=S)CC(=S)SCC. The van der Waals surface area contributed by atoms with E-state index in [2.05, 4.69) is 13.8 Å². The Balaban J connectivity index is 3.49. The van der Waals surface area contributed by atoms with E-state index in [-0.39, 0.29) is 0 Å². The molecule has 0 aromatic rings. The van der Waals surface area contributed by atoms with Crippen LogP contribution in [0.3, 0.4) is 0 Å². The quantitative estimate of drug-likeness (QED) is 0.670. The van der Waals surface area contributed by atoms with Crippen molar-refractivity contribution in [2.24, 2.45) is 0 Å². The van der Waals surface area contributed by atoms with E-state index < -0.39 is 0 Å². The number of thioether (sulfide) groups is 2. The zero-order valence-electron chi connectivity index (χ0n) is 6.75. The molecule has 0 radical (unpaired) electrons. The third-order valence-corrected chi connectivity index (χ3v) is 3.41. The van der Waals surface area contributed by atoms with Gasteiger partial charge >= 0.3 is 0 Å². The summed E-state index contributed by atoms with van der Waals surface area (Å²) in [6.45, 7) is 4.21. The van der Waals surface area contributed by atoms with Gasteiger partial charge in [0.15, 0.2) is 0 Å². The lowest BCUT2D eigenvalue weighted by molar-refractivity contribution is 1.53. The summed E-state index contributed by atoms with van der Waals surface area (Å²) in [6, 6.07) is 0. The van der Waals surface area contributed by atoms with E-state index in [4.69, 9.17) is 24.4 Å². The molecule has 0 N–H and O–H groups in total. The smallest absolute Gasteiger partial charge is 0.0536 e. The Morgan fingerprint density at radius 3 is 1.64 bits per heavy atom. The molecule has 0 nitrogen and oxygen atoms in total. The molecule has 0 aromatic heterocycles. The third-order valence-electron chi connectivity index (χ3n) is 0.899. The summed E-state index contributed by atoms with van der Waals surface area (Å²) in [4.78, 5) is 0. The van der Waals surface area contributed by atoms with Gasteiger partial charge in [-0.05, 0) is 11.5 Å². The zero-order valence-corrected chi connectivity index (χ0v) is 10.0. The van der Waals surface area contributed by atoms with Crippen LogP contribution in [0.4, 0.5) is 0 Å². The van der Waals surface area contributed by atoms with Crippen LogP contribution in [-0.4, -0.2) is 19.9 Å². The molecule has 0 spiro atoms. The Hall–Kier alpha value is 0.880. The Kier molecular flexibility index (Phi) is 8.13. The maximum absolute atomic E-state index is 5.11. The summed E-state index contributed by atoms with van der Waals surface area (Å²) in [5.41, 5.74) is 0. The van der Waals surface area contributed by atoms with E-state index in [1.54, 1.807) is 23.5 Å². The fraction of sp³-hybridized carbons (Fsp3) is 0.714. The van der Waals surface area contributed by atoms with E-state index in [9.17, 15) is 0 Å². The van der Waals surface area contributed by atoms with Gasteiger partial charge in [0.1, 0.15) is 0 Å². The molecule has 64 valence electrons. The predicted octanol–water partition coefficient (Wildman–Crippen LogP) is 3.54. The van der Waals surface area contributed by atoms with Gasteiger partial charge in [-0.3, -0.25) is 0 Å². The van der Waals surface area contributed by atoms with Gasteiger partial charge < -0.3 is 0 Å². The second-order valence-electron chi connectivity index (χ2n) is 1.79. The van der Waals surface area contributed by atoms with Gasteiger partial charge in [0.05, 0.1) is 8.39 Å². The van der Waals surface area contributed by atoms with Crippen molar-refractivity contribution in [2.45, 2.75) is 20.3 Å². The fourth-order valence-corrected chi connectivity index (χ4v) is 3.04. The zero-order chi connectivity index (χ0) is 8.69. The second-order valence-corrected chi connectivity index (χ2v) is 6.01. The molecule has 0 aliphatic carbocycles. The number of rotatable bonds is 4. The van der Waals surface area contributed by atoms with Gasteiger partial charge in [-0.25, -0.2) is 0 Å². The lowest BCUT2D eigenvalue weighted by atomic mass is 10.6. The maximum Gasteiger partial charge on any atom is 0.0536 e. The summed E-state index contributed by atoms with van der Waals surface area (Å²) in [7, 11) is 0. The molecular weight excluding hydrogens is 212 g/mol. The van der Waals surface area contributed by atoms with Gasteiger partial charge in [-0.15, -0.1) is 23.5 Å². The van der Waals surface area contributed by atoms with Crippen LogP contribution in [0.5, 0.6) is 0 Å². The molecule has 0 amide bonds. The van der Waals surface area contributed by atoms with Gasteiger partial charge in [-0.2, -0.15) is 0 Å². The summed E-state index contributed by atoms with van der Waals surface area (Å²) in [6.07, 6.45) is 0.821. The van der Waals surface area contributed by atoms with Crippen molar-refractivity contribution in [3.8, 4) is 0 Å². The van der Waals surface area contributed by atoms with Crippen molar-refractivity contribution in [1.82, 2.24) is 0 Å². The number of hydrogen-bond donors (Lipinski definition) is 0. The molecule has 0 fully saturated rings. The van der Waals surface area contributed by atoms with Crippen LogP contribution in [0.25, 0.3) is 0 Å². The maximum atomic E-state index is 5.11. The molecule has 0 aromatic carbocycles. The van der Waals surface area contributed by atoms with Crippen LogP contribution in [0.2, 0.25) is 0 Å². The minimum absolute atomic E-state index is 0.821. The Morgan fingerprint density at radius 2 is 1.36 bits per heavy atom. The first-order chi connectivity index (χ1) is 5.20. The van der Waals surface area contributed by atoms with Crippen LogP contribution in [-0.2, 0) is 0 Å². The van der Waals surface area contributed by atoms with E-state index in [1.807, 2.05) is 0 Å². The number of thiocarbonyl (C=S) groups is 2. The molecule has 0 saturated carbocycles. The lowest BCUT2D eigenvalue weighted by Crippen LogP contribution is -1.96. The highest BCUT2D eigenvalue weighted by atomic mass is 32.2. The summed E-state index contributed by atoms with van der Waals surface area (Å²) < 4.78 is 2.05. The highest BCUT2D eigenvalue weighted by molar-refractivity contribution is 8.25. The van der Waals surface area contributed by atoms with Crippen molar-refractivity contribution in [2.75, 3.05) is 11.5 Å². The Bertz CT molecular complexity index is 125. The molecule has 11 heavy (non-hydrogen) atoms. The highest BCUT2D eigenvalue weighted by Gasteiger charge is 2.00. The Morgan fingerprint density at radius 1 is 1.00 bits per heavy atom. The Labute approximate surface area is 87.9 Å². The molecule has 0 unspecified atom stereocenters. The standard InChI is InChI=1S/C7H12S4/c1-3-10-6(8)5-7(9)11-4-2/h3-5H2,1-2H3. The first kappa shape index (κ1) is 11.9. The van der Waals surface area contributed by atoms with Crippen molar-refractivity contribution in [3.05, 3.63) is 0 Å². The fourth-order valence-electron chi connectivity index (χ4n) is 0.542. The monoisotopic (exact) mass is 224 g/mol. The van der Waals surface area contributed by atoms with Crippen LogP contribution in [0, 0.1) is 0 Å². The van der Waals surface area contributed by atoms with Crippen molar-refractivity contribution < 1.29 is 0 Å². The third kappa shape index (κ3) is 7.25. The molecule has 0 bridgehead atoms. The van der Waals surface area contributed by atoms with Gasteiger partial charge in [-0.1, -0.05) is 38.3 Å². The van der Waals surface area contributed by atoms with Gasteiger partial charge in [0.25, 0.3) is 0 Å². The van der Waals surface area contributed by atoms with Gasteiger partial charge in [0.2, 0.25) is 0 Å². The first-order valence-electron chi connectivity index (χ1n) is 3.52. The second kappa shape index (κ2) is 7.53. The first-order valence-corrected chi connectivity index (χ1v) is 6.30. The topological polar surface area (TPSA) is 0 Å². The molecule has 0 aliphatic rings. The molecule has 4 heteroatoms. The van der Waals surface area contributed by atoms with Crippen molar-refractivity contribution in [1.29, 1.82) is 0 Å². The summed E-state index contributed by atoms with van der Waals surface area (Å²) in [5, 5.41) is 0. The average molecular weight is 224 g/mol. The normalized spacial score (nSPS) is 9.64. The van der Waals surface area contributed by atoms with Crippen LogP contribution in [0.15, 0.2) is 0 Å². The molecule has 0 heterocycles. The van der Waals surface area contributed by atoms with Crippen LogP contribution in [0.1, 0.15) is 20.3 Å². The average Bonchev–Trinajstić information content (AvgIpc) is 1.87. The van der Waals surface area contributed by atoms with Gasteiger partial charge in [0, 0.05) is 6.42 Å². The van der Waals surface area contributed by atoms with E-state index in [0.717, 1.165) is 26.3 Å². The highest BCUT2D eigenvalue weighted by Crippen LogP contribution is 2.14. The van der Waals surface area contributed by atoms with E-state index in [0.29, 0.717) is 0 Å². The van der Waals surface area contributed by atoms with Crippen LogP contribution < -0.4 is 0 Å². The molecule has 0 saturated heterocycles. The van der Waals surface area contributed by atoms with E-state index >= 15 is 0 Å². The van der Waals surface area contributed by atoms with Crippen molar-refractivity contribution >= 4 is 56.4 Å². The summed E-state index contributed by atoms with van der Waals surface area (Å²) >= 11 is 13.6. The summed E-state index contributed by atoms with van der Waals surface area (Å²) in [5.74, 6) is 2.11. The minimum Gasteiger partial charge on any atom is -0.119 e. The van der Waals surface area contributed by atoms with E-state index in [1.165, 1.54) is 0 Å².